The van der Waals surface area contributed by atoms with Gasteiger partial charge in [0.25, 0.3) is 0 Å². The molecule has 1 aliphatic carbocycles. The van der Waals surface area contributed by atoms with Crippen molar-refractivity contribution in [2.24, 2.45) is 16.7 Å². The van der Waals surface area contributed by atoms with Crippen LogP contribution in [0.25, 0.3) is 0 Å². The van der Waals surface area contributed by atoms with Crippen molar-refractivity contribution in [1.82, 2.24) is 5.32 Å². The summed E-state index contributed by atoms with van der Waals surface area (Å²) in [5.74, 6) is -0.361. The molecule has 0 aliphatic heterocycles. The lowest BCUT2D eigenvalue weighted by Crippen LogP contribution is -2.35. The summed E-state index contributed by atoms with van der Waals surface area (Å²) >= 11 is 3.17. The van der Waals surface area contributed by atoms with Crippen LogP contribution in [0.1, 0.15) is 27.7 Å². The number of halogens is 1. The van der Waals surface area contributed by atoms with Crippen molar-refractivity contribution in [3.63, 3.8) is 0 Å². The lowest BCUT2D eigenvalue weighted by molar-refractivity contribution is -0.139. The van der Waals surface area contributed by atoms with Crippen LogP contribution >= 0.6 is 15.9 Å². The fourth-order valence-corrected chi connectivity index (χ4v) is 2.70. The highest BCUT2D eigenvalue weighted by Gasteiger charge is 2.68. The van der Waals surface area contributed by atoms with Gasteiger partial charge in [0.05, 0.1) is 7.11 Å². The molecule has 1 saturated carbocycles. The molecular formula is C12H20BrNO3. The summed E-state index contributed by atoms with van der Waals surface area (Å²) in [6, 6.07) is 0. The normalized spacial score (nSPS) is 22.7. The smallest absolute Gasteiger partial charge is 0.321 e. The van der Waals surface area contributed by atoms with E-state index in [-0.39, 0.29) is 35.2 Å². The fraction of sp³-hybridized carbons (Fsp3) is 0.833. The summed E-state index contributed by atoms with van der Waals surface area (Å²) in [7, 11) is 1.32. The van der Waals surface area contributed by atoms with Gasteiger partial charge in [-0.2, -0.15) is 0 Å². The van der Waals surface area contributed by atoms with E-state index in [4.69, 9.17) is 0 Å². The molecule has 0 spiro atoms. The maximum Gasteiger partial charge on any atom is 0.321 e. The summed E-state index contributed by atoms with van der Waals surface area (Å²) < 4.78 is 4.57. The number of methoxy groups -OCH3 is 1. The van der Waals surface area contributed by atoms with Gasteiger partial charge in [-0.1, -0.05) is 43.6 Å². The molecule has 0 aromatic rings. The van der Waals surface area contributed by atoms with Crippen LogP contribution < -0.4 is 5.32 Å². The first-order chi connectivity index (χ1) is 7.66. The van der Waals surface area contributed by atoms with Crippen molar-refractivity contribution in [1.29, 1.82) is 0 Å². The number of carbonyl (C=O) groups is 2. The predicted molar refractivity (Wildman–Crippen MR) is 68.8 cm³/mol. The zero-order valence-corrected chi connectivity index (χ0v) is 12.6. The number of ether oxygens (including phenoxy) is 1. The Bertz CT molecular complexity index is 325. The summed E-state index contributed by atoms with van der Waals surface area (Å²) in [6.45, 7) is 8.60. The third kappa shape index (κ3) is 2.49. The molecule has 1 unspecified atom stereocenters. The molecule has 0 aromatic heterocycles. The van der Waals surface area contributed by atoms with Crippen LogP contribution in [-0.2, 0) is 14.3 Å². The Kier molecular flexibility index (Phi) is 3.91. The Morgan fingerprint density at radius 1 is 1.29 bits per heavy atom. The number of carbonyl (C=O) groups excluding carboxylic acids is 2. The molecule has 1 N–H and O–H groups in total. The molecule has 1 atom stereocenters. The summed E-state index contributed by atoms with van der Waals surface area (Å²) in [5.41, 5.74) is 0.0360. The highest BCUT2D eigenvalue weighted by molar-refractivity contribution is 9.10. The maximum absolute atomic E-state index is 12.0. The molecule has 1 aliphatic rings. The number of esters is 1. The first-order valence-corrected chi connectivity index (χ1v) is 6.57. The Balaban J connectivity index is 2.46. The van der Waals surface area contributed by atoms with Gasteiger partial charge in [-0.15, -0.1) is 0 Å². The highest BCUT2D eigenvalue weighted by atomic mass is 79.9. The lowest BCUT2D eigenvalue weighted by Gasteiger charge is -2.10. The first kappa shape index (κ1) is 14.5. The van der Waals surface area contributed by atoms with E-state index >= 15 is 0 Å². The zero-order chi connectivity index (χ0) is 13.4. The van der Waals surface area contributed by atoms with E-state index in [1.165, 1.54) is 7.11 Å². The lowest BCUT2D eigenvalue weighted by atomic mass is 10.0. The van der Waals surface area contributed by atoms with Crippen molar-refractivity contribution in [3.8, 4) is 0 Å². The van der Waals surface area contributed by atoms with Crippen LogP contribution in [0.15, 0.2) is 0 Å². The molecule has 5 heteroatoms. The third-order valence-electron chi connectivity index (χ3n) is 4.20. The largest absolute Gasteiger partial charge is 0.468 e. The SMILES string of the molecule is COC(=O)C(Br)CNC(=O)C1C(C)(C)C1(C)C. The fourth-order valence-electron chi connectivity index (χ4n) is 2.36. The second-order valence-electron chi connectivity index (χ2n) is 5.61. The Hall–Kier alpha value is -0.580. The molecule has 0 saturated heterocycles. The molecule has 1 rings (SSSR count). The van der Waals surface area contributed by atoms with E-state index in [0.717, 1.165) is 0 Å². The van der Waals surface area contributed by atoms with Crippen molar-refractivity contribution in [3.05, 3.63) is 0 Å². The van der Waals surface area contributed by atoms with Gasteiger partial charge in [-0.05, 0) is 10.8 Å². The summed E-state index contributed by atoms with van der Waals surface area (Å²) in [4.78, 5) is 22.6. The molecule has 0 bridgehead atoms. The number of amides is 1. The van der Waals surface area contributed by atoms with Crippen LogP contribution in [-0.4, -0.2) is 30.4 Å². The topological polar surface area (TPSA) is 55.4 Å². The van der Waals surface area contributed by atoms with Gasteiger partial charge in [-0.3, -0.25) is 9.59 Å². The number of nitrogens with one attached hydrogen (secondary N) is 1. The minimum atomic E-state index is -0.485. The van der Waals surface area contributed by atoms with Gasteiger partial charge in [0.15, 0.2) is 0 Å². The van der Waals surface area contributed by atoms with E-state index in [0.29, 0.717) is 0 Å². The maximum atomic E-state index is 12.0. The number of hydrogen-bond donors (Lipinski definition) is 1. The predicted octanol–water partition coefficient (Wildman–Crippen LogP) is 1.72. The van der Waals surface area contributed by atoms with Gasteiger partial charge in [-0.25, -0.2) is 0 Å². The van der Waals surface area contributed by atoms with E-state index in [9.17, 15) is 9.59 Å². The third-order valence-corrected chi connectivity index (χ3v) is 4.89. The number of alkyl halides is 1. The van der Waals surface area contributed by atoms with Crippen molar-refractivity contribution >= 4 is 27.8 Å². The Morgan fingerprint density at radius 3 is 2.12 bits per heavy atom. The van der Waals surface area contributed by atoms with Crippen LogP contribution in [0.3, 0.4) is 0 Å². The van der Waals surface area contributed by atoms with Gasteiger partial charge in [0.1, 0.15) is 4.83 Å². The van der Waals surface area contributed by atoms with Crippen LogP contribution in [0.4, 0.5) is 0 Å². The van der Waals surface area contributed by atoms with Crippen molar-refractivity contribution < 1.29 is 14.3 Å². The van der Waals surface area contributed by atoms with Crippen molar-refractivity contribution in [2.75, 3.05) is 13.7 Å². The van der Waals surface area contributed by atoms with Crippen LogP contribution in [0, 0.1) is 16.7 Å². The standard InChI is InChI=1S/C12H20BrNO3/c1-11(2)8(12(11,3)4)9(15)14-6-7(13)10(16)17-5/h7-8H,6H2,1-5H3,(H,14,15). The van der Waals surface area contributed by atoms with Crippen molar-refractivity contribution in [2.45, 2.75) is 32.5 Å². The molecule has 98 valence electrons. The average Bonchev–Trinajstić information content (AvgIpc) is 2.64. The van der Waals surface area contributed by atoms with Gasteiger partial charge >= 0.3 is 5.97 Å². The van der Waals surface area contributed by atoms with Gasteiger partial charge in [0.2, 0.25) is 5.91 Å². The second kappa shape index (κ2) is 4.59. The average molecular weight is 306 g/mol. The Labute approximate surface area is 111 Å². The summed E-state index contributed by atoms with van der Waals surface area (Å²) in [6.07, 6.45) is 0. The van der Waals surface area contributed by atoms with E-state index in [1.54, 1.807) is 0 Å². The summed E-state index contributed by atoms with van der Waals surface area (Å²) in [5, 5.41) is 2.78. The quantitative estimate of drug-likeness (QED) is 0.635. The minimum Gasteiger partial charge on any atom is -0.468 e. The zero-order valence-electron chi connectivity index (χ0n) is 11.0. The highest BCUT2D eigenvalue weighted by Crippen LogP contribution is 2.68. The second-order valence-corrected chi connectivity index (χ2v) is 6.72. The van der Waals surface area contributed by atoms with E-state index in [1.807, 2.05) is 0 Å². The van der Waals surface area contributed by atoms with Crippen LogP contribution in [0.5, 0.6) is 0 Å². The molecule has 1 fully saturated rings. The van der Waals surface area contributed by atoms with E-state index < -0.39 is 4.83 Å². The van der Waals surface area contributed by atoms with Crippen LogP contribution in [0.2, 0.25) is 0 Å². The molecule has 17 heavy (non-hydrogen) atoms. The van der Waals surface area contributed by atoms with E-state index in [2.05, 4.69) is 53.7 Å². The molecule has 4 nitrogen and oxygen atoms in total. The monoisotopic (exact) mass is 305 g/mol. The Morgan fingerprint density at radius 2 is 1.76 bits per heavy atom. The molecule has 0 radical (unpaired) electrons. The minimum absolute atomic E-state index is 0.00680. The van der Waals surface area contributed by atoms with Gasteiger partial charge in [0, 0.05) is 12.5 Å². The molecular weight excluding hydrogens is 286 g/mol. The first-order valence-electron chi connectivity index (χ1n) is 5.66. The molecule has 0 aromatic carbocycles. The number of hydrogen-bond acceptors (Lipinski definition) is 3. The number of rotatable bonds is 4. The van der Waals surface area contributed by atoms with Gasteiger partial charge < -0.3 is 10.1 Å². The molecule has 0 heterocycles. The molecule has 1 amide bonds.